The predicted molar refractivity (Wildman–Crippen MR) is 74.5 cm³/mol. The molecule has 0 spiro atoms. The Bertz CT molecular complexity index is 827. The van der Waals surface area contributed by atoms with Crippen molar-refractivity contribution >= 4 is 5.78 Å². The molecule has 0 radical (unpaired) electrons. The predicted octanol–water partition coefficient (Wildman–Crippen LogP) is 3.12. The number of carbonyl (C=O) groups is 1. The van der Waals surface area contributed by atoms with Gasteiger partial charge >= 0.3 is 6.18 Å². The van der Waals surface area contributed by atoms with Crippen LogP contribution in [0, 0.1) is 0 Å². The number of hydrogen-bond donors (Lipinski definition) is 1. The molecule has 0 unspecified atom stereocenters. The van der Waals surface area contributed by atoms with E-state index in [1.807, 2.05) is 0 Å². The largest absolute Gasteiger partial charge is 0.416 e. The van der Waals surface area contributed by atoms with Crippen molar-refractivity contribution in [2.45, 2.75) is 6.18 Å². The van der Waals surface area contributed by atoms with Gasteiger partial charge in [0, 0.05) is 23.5 Å². The lowest BCUT2D eigenvalue weighted by atomic mass is 9.98. The molecule has 8 heteroatoms. The summed E-state index contributed by atoms with van der Waals surface area (Å²) in [7, 11) is 0. The van der Waals surface area contributed by atoms with Gasteiger partial charge in [0.25, 0.3) is 0 Å². The lowest BCUT2D eigenvalue weighted by molar-refractivity contribution is -0.137. The second kappa shape index (κ2) is 5.64. The van der Waals surface area contributed by atoms with Crippen molar-refractivity contribution in [1.82, 2.24) is 20.4 Å². The van der Waals surface area contributed by atoms with E-state index in [9.17, 15) is 18.0 Å². The van der Waals surface area contributed by atoms with Gasteiger partial charge in [-0.05, 0) is 18.2 Å². The third-order valence-electron chi connectivity index (χ3n) is 3.23. The highest BCUT2D eigenvalue weighted by molar-refractivity contribution is 6.12. The number of hydrogen-bond acceptors (Lipinski definition) is 4. The van der Waals surface area contributed by atoms with Gasteiger partial charge in [-0.1, -0.05) is 17.3 Å². The summed E-state index contributed by atoms with van der Waals surface area (Å²) >= 11 is 0. The number of nitrogens with one attached hydrogen (secondary N) is 1. The average molecular weight is 318 g/mol. The highest BCUT2D eigenvalue weighted by atomic mass is 19.4. The summed E-state index contributed by atoms with van der Waals surface area (Å²) in [5.41, 5.74) is 0.509. The maximum Gasteiger partial charge on any atom is 0.416 e. The van der Waals surface area contributed by atoms with E-state index in [-0.39, 0.29) is 11.1 Å². The smallest absolute Gasteiger partial charge is 0.289 e. The minimum absolute atomic E-state index is 0.135. The molecule has 5 nitrogen and oxygen atoms in total. The van der Waals surface area contributed by atoms with Gasteiger partial charge < -0.3 is 0 Å². The SMILES string of the molecule is O=C(c1ccc(C(F)(F)F)cc1)c1cnccc1-c1c[nH]nn1. The molecule has 0 saturated carbocycles. The zero-order chi connectivity index (χ0) is 16.4. The monoisotopic (exact) mass is 318 g/mol. The quantitative estimate of drug-likeness (QED) is 0.753. The van der Waals surface area contributed by atoms with Crippen LogP contribution in [-0.4, -0.2) is 26.2 Å². The minimum Gasteiger partial charge on any atom is -0.289 e. The van der Waals surface area contributed by atoms with Gasteiger partial charge in [0.2, 0.25) is 0 Å². The van der Waals surface area contributed by atoms with E-state index in [4.69, 9.17) is 0 Å². The van der Waals surface area contributed by atoms with Gasteiger partial charge in [-0.15, -0.1) is 5.10 Å². The number of carbonyl (C=O) groups excluding carboxylic acids is 1. The molecule has 0 fully saturated rings. The Balaban J connectivity index is 1.99. The van der Waals surface area contributed by atoms with Crippen molar-refractivity contribution < 1.29 is 18.0 Å². The maximum atomic E-state index is 12.6. The third kappa shape index (κ3) is 2.96. The Morgan fingerprint density at radius 2 is 1.83 bits per heavy atom. The second-order valence-corrected chi connectivity index (χ2v) is 4.68. The molecule has 0 aliphatic heterocycles. The van der Waals surface area contributed by atoms with Crippen LogP contribution in [0.2, 0.25) is 0 Å². The zero-order valence-corrected chi connectivity index (χ0v) is 11.5. The number of nitrogens with zero attached hydrogens (tertiary/aromatic N) is 3. The van der Waals surface area contributed by atoms with Crippen LogP contribution in [0.1, 0.15) is 21.5 Å². The van der Waals surface area contributed by atoms with E-state index in [0.717, 1.165) is 24.3 Å². The van der Waals surface area contributed by atoms with E-state index in [0.29, 0.717) is 11.3 Å². The molecule has 0 atom stereocenters. The van der Waals surface area contributed by atoms with Gasteiger partial charge in [-0.3, -0.25) is 14.9 Å². The van der Waals surface area contributed by atoms with Crippen molar-refractivity contribution in [3.8, 4) is 11.3 Å². The van der Waals surface area contributed by atoms with E-state index in [1.54, 1.807) is 6.07 Å². The number of aromatic amines is 1. The van der Waals surface area contributed by atoms with Crippen LogP contribution in [0.4, 0.5) is 13.2 Å². The molecule has 3 rings (SSSR count). The minimum atomic E-state index is -4.44. The van der Waals surface area contributed by atoms with Gasteiger partial charge in [-0.2, -0.15) is 13.2 Å². The van der Waals surface area contributed by atoms with E-state index < -0.39 is 17.5 Å². The van der Waals surface area contributed by atoms with Crippen LogP contribution in [-0.2, 0) is 6.18 Å². The number of halogens is 3. The summed E-state index contributed by atoms with van der Waals surface area (Å²) in [5, 5.41) is 9.95. The Morgan fingerprint density at radius 1 is 1.09 bits per heavy atom. The fraction of sp³-hybridized carbons (Fsp3) is 0.0667. The molecule has 2 aromatic heterocycles. The maximum absolute atomic E-state index is 12.6. The number of benzene rings is 1. The Kier molecular flexibility index (Phi) is 3.65. The third-order valence-corrected chi connectivity index (χ3v) is 3.23. The molecular weight excluding hydrogens is 309 g/mol. The van der Waals surface area contributed by atoms with Crippen LogP contribution in [0.15, 0.2) is 48.9 Å². The van der Waals surface area contributed by atoms with Crippen LogP contribution in [0.3, 0.4) is 0 Å². The van der Waals surface area contributed by atoms with Crippen LogP contribution >= 0.6 is 0 Å². The summed E-state index contributed by atoms with van der Waals surface area (Å²) in [6.07, 6.45) is -0.0851. The molecule has 2 heterocycles. The number of H-pyrrole nitrogens is 1. The van der Waals surface area contributed by atoms with Gasteiger partial charge in [0.15, 0.2) is 5.78 Å². The lowest BCUT2D eigenvalue weighted by Gasteiger charge is -2.08. The molecule has 0 aliphatic carbocycles. The molecular formula is C15H9F3N4O. The molecule has 116 valence electrons. The molecule has 0 aliphatic rings. The van der Waals surface area contributed by atoms with Gasteiger partial charge in [0.1, 0.15) is 5.69 Å². The number of pyridine rings is 1. The summed E-state index contributed by atoms with van der Waals surface area (Å²) in [4.78, 5) is 16.4. The summed E-state index contributed by atoms with van der Waals surface area (Å²) in [5.74, 6) is -0.440. The van der Waals surface area contributed by atoms with Crippen LogP contribution < -0.4 is 0 Å². The fourth-order valence-electron chi connectivity index (χ4n) is 2.10. The summed E-state index contributed by atoms with van der Waals surface area (Å²) in [6, 6.07) is 5.63. The first-order valence-corrected chi connectivity index (χ1v) is 6.49. The molecule has 0 saturated heterocycles. The Labute approximate surface area is 128 Å². The Hall–Kier alpha value is -3.03. The molecule has 23 heavy (non-hydrogen) atoms. The molecule has 1 N–H and O–H groups in total. The van der Waals surface area contributed by atoms with Gasteiger partial charge in [-0.25, -0.2) is 0 Å². The van der Waals surface area contributed by atoms with E-state index >= 15 is 0 Å². The normalized spacial score (nSPS) is 11.4. The number of aromatic nitrogens is 4. The van der Waals surface area contributed by atoms with Crippen molar-refractivity contribution in [1.29, 1.82) is 0 Å². The molecule has 1 aromatic carbocycles. The van der Waals surface area contributed by atoms with Crippen molar-refractivity contribution in [2.75, 3.05) is 0 Å². The first-order chi connectivity index (χ1) is 11.0. The van der Waals surface area contributed by atoms with Crippen molar-refractivity contribution in [3.63, 3.8) is 0 Å². The van der Waals surface area contributed by atoms with Crippen molar-refractivity contribution in [3.05, 3.63) is 65.6 Å². The number of ketones is 1. The topological polar surface area (TPSA) is 71.5 Å². The lowest BCUT2D eigenvalue weighted by Crippen LogP contribution is -2.07. The molecule has 0 amide bonds. The number of rotatable bonds is 3. The molecule has 3 aromatic rings. The second-order valence-electron chi connectivity index (χ2n) is 4.68. The first-order valence-electron chi connectivity index (χ1n) is 6.49. The highest BCUT2D eigenvalue weighted by Gasteiger charge is 2.30. The first kappa shape index (κ1) is 14.9. The standard InChI is InChI=1S/C15H9F3N4O/c16-15(17,18)10-3-1-9(2-4-10)14(23)12-7-19-6-5-11(12)13-8-20-22-21-13/h1-8H,(H,20,21,22). The van der Waals surface area contributed by atoms with Crippen LogP contribution in [0.5, 0.6) is 0 Å². The van der Waals surface area contributed by atoms with Crippen molar-refractivity contribution in [2.24, 2.45) is 0 Å². The molecule has 0 bridgehead atoms. The average Bonchev–Trinajstić information content (AvgIpc) is 3.08. The number of alkyl halides is 3. The summed E-state index contributed by atoms with van der Waals surface area (Å²) in [6.45, 7) is 0. The van der Waals surface area contributed by atoms with Gasteiger partial charge in [0.05, 0.1) is 17.3 Å². The van der Waals surface area contributed by atoms with Crippen LogP contribution in [0.25, 0.3) is 11.3 Å². The van der Waals surface area contributed by atoms with E-state index in [2.05, 4.69) is 20.4 Å². The Morgan fingerprint density at radius 3 is 2.43 bits per heavy atom. The highest BCUT2D eigenvalue weighted by Crippen LogP contribution is 2.30. The van der Waals surface area contributed by atoms with E-state index in [1.165, 1.54) is 18.6 Å². The zero-order valence-electron chi connectivity index (χ0n) is 11.5. The summed E-state index contributed by atoms with van der Waals surface area (Å²) < 4.78 is 37.7. The fourth-order valence-corrected chi connectivity index (χ4v) is 2.10.